The highest BCUT2D eigenvalue weighted by Gasteiger charge is 2.02. The second-order valence-electron chi connectivity index (χ2n) is 7.63. The van der Waals surface area contributed by atoms with Crippen molar-refractivity contribution in [3.63, 3.8) is 0 Å². The van der Waals surface area contributed by atoms with E-state index in [1.165, 1.54) is 12.2 Å². The summed E-state index contributed by atoms with van der Waals surface area (Å²) in [7, 11) is 0. The number of benzene rings is 3. The van der Waals surface area contributed by atoms with Crippen molar-refractivity contribution in [2.45, 2.75) is 13.0 Å². The Morgan fingerprint density at radius 3 is 1.89 bits per heavy atom. The number of ketones is 1. The molecule has 0 saturated heterocycles. The molecule has 3 rings (SSSR count). The van der Waals surface area contributed by atoms with Gasteiger partial charge in [-0.05, 0) is 65.2 Å². The summed E-state index contributed by atoms with van der Waals surface area (Å²) in [6, 6.07) is 21.6. The standard InChI is InChI=1S/C31H24O5/c1-3-28(32)21-26-11-7-23(8-12-26)5-6-25-15-18-29(19-16-25)36-31(34)20-17-24-9-13-27(14-10-24)22-35-30(33)4-2/h3-4,7-20H,1-2,21-22H2/b20-17+. The molecule has 0 aliphatic carbocycles. The zero-order valence-electron chi connectivity index (χ0n) is 19.6. The summed E-state index contributed by atoms with van der Waals surface area (Å²) in [5.74, 6) is 5.53. The fourth-order valence-corrected chi connectivity index (χ4v) is 2.98. The molecule has 0 bridgehead atoms. The lowest BCUT2D eigenvalue weighted by molar-refractivity contribution is -0.139. The maximum atomic E-state index is 12.1. The number of hydrogen-bond donors (Lipinski definition) is 0. The zero-order valence-corrected chi connectivity index (χ0v) is 19.6. The predicted molar refractivity (Wildman–Crippen MR) is 139 cm³/mol. The van der Waals surface area contributed by atoms with E-state index in [-0.39, 0.29) is 12.4 Å². The molecule has 0 amide bonds. The van der Waals surface area contributed by atoms with E-state index in [0.717, 1.165) is 33.9 Å². The van der Waals surface area contributed by atoms with Crippen LogP contribution < -0.4 is 4.74 Å². The topological polar surface area (TPSA) is 69.7 Å². The molecule has 0 aliphatic heterocycles. The number of esters is 2. The van der Waals surface area contributed by atoms with E-state index in [4.69, 9.17) is 9.47 Å². The number of carbonyl (C=O) groups excluding carboxylic acids is 3. The van der Waals surface area contributed by atoms with Crippen molar-refractivity contribution in [1.29, 1.82) is 0 Å². The van der Waals surface area contributed by atoms with Crippen LogP contribution in [0.4, 0.5) is 0 Å². The van der Waals surface area contributed by atoms with E-state index < -0.39 is 11.9 Å². The lowest BCUT2D eigenvalue weighted by Gasteiger charge is -2.03. The second kappa shape index (κ2) is 13.1. The van der Waals surface area contributed by atoms with Gasteiger partial charge < -0.3 is 9.47 Å². The highest BCUT2D eigenvalue weighted by Crippen LogP contribution is 2.13. The number of allylic oxidation sites excluding steroid dienone is 1. The van der Waals surface area contributed by atoms with Gasteiger partial charge in [-0.15, -0.1) is 0 Å². The Hall–Kier alpha value is -4.95. The molecule has 0 aromatic heterocycles. The van der Waals surface area contributed by atoms with Crippen LogP contribution in [-0.4, -0.2) is 17.7 Å². The van der Waals surface area contributed by atoms with Gasteiger partial charge in [0.1, 0.15) is 12.4 Å². The van der Waals surface area contributed by atoms with E-state index >= 15 is 0 Å². The van der Waals surface area contributed by atoms with Gasteiger partial charge in [-0.3, -0.25) is 4.79 Å². The largest absolute Gasteiger partial charge is 0.458 e. The van der Waals surface area contributed by atoms with Crippen LogP contribution in [0.25, 0.3) is 6.08 Å². The molecule has 0 N–H and O–H groups in total. The summed E-state index contributed by atoms with van der Waals surface area (Å²) in [6.45, 7) is 6.98. The molecule has 0 saturated carbocycles. The quantitative estimate of drug-likeness (QED) is 0.183. The molecule has 0 heterocycles. The van der Waals surface area contributed by atoms with Crippen LogP contribution in [0.1, 0.15) is 27.8 Å². The van der Waals surface area contributed by atoms with Gasteiger partial charge in [-0.1, -0.05) is 61.4 Å². The monoisotopic (exact) mass is 476 g/mol. The van der Waals surface area contributed by atoms with E-state index in [9.17, 15) is 14.4 Å². The van der Waals surface area contributed by atoms with Crippen LogP contribution in [0, 0.1) is 11.8 Å². The number of rotatable bonds is 9. The predicted octanol–water partition coefficient (Wildman–Crippen LogP) is 5.23. The van der Waals surface area contributed by atoms with Crippen molar-refractivity contribution in [1.82, 2.24) is 0 Å². The van der Waals surface area contributed by atoms with Crippen molar-refractivity contribution in [2.75, 3.05) is 0 Å². The summed E-state index contributed by atoms with van der Waals surface area (Å²) in [5, 5.41) is 0. The average Bonchev–Trinajstić information content (AvgIpc) is 2.91. The maximum absolute atomic E-state index is 12.1. The van der Waals surface area contributed by atoms with Crippen molar-refractivity contribution in [2.24, 2.45) is 0 Å². The van der Waals surface area contributed by atoms with Gasteiger partial charge in [-0.2, -0.15) is 0 Å². The van der Waals surface area contributed by atoms with Crippen LogP contribution in [-0.2, 0) is 32.1 Å². The highest BCUT2D eigenvalue weighted by molar-refractivity contribution is 5.91. The van der Waals surface area contributed by atoms with Crippen LogP contribution in [0.3, 0.4) is 0 Å². The molecule has 3 aromatic rings. The molecule has 0 aliphatic rings. The third kappa shape index (κ3) is 8.44. The second-order valence-corrected chi connectivity index (χ2v) is 7.63. The summed E-state index contributed by atoms with van der Waals surface area (Å²) >= 11 is 0. The van der Waals surface area contributed by atoms with Crippen molar-refractivity contribution < 1.29 is 23.9 Å². The lowest BCUT2D eigenvalue weighted by atomic mass is 10.1. The molecule has 0 radical (unpaired) electrons. The summed E-state index contributed by atoms with van der Waals surface area (Å²) in [6.07, 6.45) is 5.74. The molecule has 5 heteroatoms. The van der Waals surface area contributed by atoms with Gasteiger partial charge in [0.25, 0.3) is 0 Å². The summed E-state index contributed by atoms with van der Waals surface area (Å²) < 4.78 is 10.3. The van der Waals surface area contributed by atoms with Gasteiger partial charge in [0.15, 0.2) is 5.78 Å². The Kier molecular flexibility index (Phi) is 9.32. The minimum absolute atomic E-state index is 0.0236. The van der Waals surface area contributed by atoms with Crippen molar-refractivity contribution in [3.05, 3.63) is 132 Å². The van der Waals surface area contributed by atoms with Gasteiger partial charge in [0.2, 0.25) is 0 Å². The molecule has 0 spiro atoms. The minimum atomic E-state index is -0.507. The van der Waals surface area contributed by atoms with Crippen molar-refractivity contribution >= 4 is 23.8 Å². The number of carbonyl (C=O) groups is 3. The Bertz CT molecular complexity index is 1330. The molecule has 0 unspecified atom stereocenters. The minimum Gasteiger partial charge on any atom is -0.458 e. The van der Waals surface area contributed by atoms with E-state index in [0.29, 0.717) is 12.2 Å². The Morgan fingerprint density at radius 1 is 0.722 bits per heavy atom. The molecular weight excluding hydrogens is 452 g/mol. The molecular formula is C31H24O5. The van der Waals surface area contributed by atoms with Crippen LogP contribution in [0.5, 0.6) is 5.75 Å². The molecule has 0 fully saturated rings. The lowest BCUT2D eigenvalue weighted by Crippen LogP contribution is -2.03. The van der Waals surface area contributed by atoms with Crippen LogP contribution in [0.15, 0.2) is 104 Å². The molecule has 36 heavy (non-hydrogen) atoms. The molecule has 5 nitrogen and oxygen atoms in total. The Labute approximate surface area is 210 Å². The first kappa shape index (κ1) is 25.7. The number of hydrogen-bond acceptors (Lipinski definition) is 5. The fraction of sp³-hybridized carbons (Fsp3) is 0.0645. The van der Waals surface area contributed by atoms with Crippen LogP contribution >= 0.6 is 0 Å². The average molecular weight is 477 g/mol. The first-order valence-corrected chi connectivity index (χ1v) is 11.1. The zero-order chi connectivity index (χ0) is 25.8. The van der Waals surface area contributed by atoms with E-state index in [2.05, 4.69) is 25.0 Å². The van der Waals surface area contributed by atoms with Gasteiger partial charge in [0.05, 0.1) is 0 Å². The molecule has 3 aromatic carbocycles. The maximum Gasteiger partial charge on any atom is 0.336 e. The molecule has 178 valence electrons. The third-order valence-corrected chi connectivity index (χ3v) is 4.92. The summed E-state index contributed by atoms with van der Waals surface area (Å²) in [4.78, 5) is 34.7. The van der Waals surface area contributed by atoms with Gasteiger partial charge >= 0.3 is 11.9 Å². The Morgan fingerprint density at radius 2 is 1.31 bits per heavy atom. The summed E-state index contributed by atoms with van der Waals surface area (Å²) in [5.41, 5.74) is 4.14. The van der Waals surface area contributed by atoms with E-state index in [1.54, 1.807) is 42.5 Å². The fourth-order valence-electron chi connectivity index (χ4n) is 2.98. The number of ether oxygens (including phenoxy) is 2. The molecule has 0 atom stereocenters. The van der Waals surface area contributed by atoms with Crippen LogP contribution in [0.2, 0.25) is 0 Å². The Balaban J connectivity index is 1.51. The first-order valence-electron chi connectivity index (χ1n) is 11.1. The smallest absolute Gasteiger partial charge is 0.336 e. The van der Waals surface area contributed by atoms with Gasteiger partial charge in [0, 0.05) is 29.7 Å². The normalized spacial score (nSPS) is 10.1. The van der Waals surface area contributed by atoms with Crippen molar-refractivity contribution in [3.8, 4) is 17.6 Å². The SMILES string of the molecule is C=CC(=O)Cc1ccc(C#Cc2ccc(OC(=O)/C=C/c3ccc(COC(=O)C=C)cc3)cc2)cc1. The van der Waals surface area contributed by atoms with Gasteiger partial charge in [-0.25, -0.2) is 9.59 Å². The van der Waals surface area contributed by atoms with E-state index in [1.807, 2.05) is 36.4 Å². The highest BCUT2D eigenvalue weighted by atomic mass is 16.5. The third-order valence-electron chi connectivity index (χ3n) is 4.92. The first-order chi connectivity index (χ1) is 17.4.